The Balaban J connectivity index is 1.56. The molecule has 0 bridgehead atoms. The molecule has 1 aromatic heterocycles. The van der Waals surface area contributed by atoms with Gasteiger partial charge >= 0.3 is 0 Å². The van der Waals surface area contributed by atoms with Gasteiger partial charge in [-0.1, -0.05) is 60.7 Å². The van der Waals surface area contributed by atoms with Gasteiger partial charge in [0.05, 0.1) is 11.2 Å². The van der Waals surface area contributed by atoms with Crippen LogP contribution in [0.15, 0.2) is 66.7 Å². The van der Waals surface area contributed by atoms with Crippen molar-refractivity contribution in [2.45, 2.75) is 0 Å². The van der Waals surface area contributed by atoms with Crippen LogP contribution in [0.25, 0.3) is 45.4 Å². The maximum atomic E-state index is 12.8. The van der Waals surface area contributed by atoms with Crippen molar-refractivity contribution >= 4 is 28.8 Å². The number of carbonyl (C=O) groups excluding carboxylic acids is 1. The van der Waals surface area contributed by atoms with E-state index in [2.05, 4.69) is 30.4 Å². The Bertz CT molecular complexity index is 1300. The third-order valence-electron chi connectivity index (χ3n) is 5.36. The van der Waals surface area contributed by atoms with Crippen molar-refractivity contribution < 1.29 is 4.79 Å². The van der Waals surface area contributed by atoms with Gasteiger partial charge in [0.2, 0.25) is 0 Å². The van der Waals surface area contributed by atoms with Gasteiger partial charge in [0.15, 0.2) is 5.78 Å². The number of hydrogen-bond acceptors (Lipinski definition) is 2. The van der Waals surface area contributed by atoms with Crippen LogP contribution in [0.2, 0.25) is 0 Å². The first-order valence-electron chi connectivity index (χ1n) is 8.70. The van der Waals surface area contributed by atoms with Crippen LogP contribution in [0.4, 0.5) is 0 Å². The lowest BCUT2D eigenvalue weighted by molar-refractivity contribution is 0.104. The minimum absolute atomic E-state index is 0.102. The SMILES string of the molecule is O=C1c2ccccc2-c2ccc(-c3cc4c5c(cccc5n3)C=C4)cc21. The summed E-state index contributed by atoms with van der Waals surface area (Å²) in [6.07, 6.45) is 4.27. The predicted octanol–water partition coefficient (Wildman–Crippen LogP) is 5.60. The van der Waals surface area contributed by atoms with E-state index in [0.29, 0.717) is 0 Å². The zero-order chi connectivity index (χ0) is 17.3. The second-order valence-corrected chi connectivity index (χ2v) is 6.81. The highest BCUT2D eigenvalue weighted by Gasteiger charge is 2.26. The van der Waals surface area contributed by atoms with E-state index < -0.39 is 0 Å². The Labute approximate surface area is 150 Å². The Kier molecular flexibility index (Phi) is 2.52. The molecule has 0 fully saturated rings. The second-order valence-electron chi connectivity index (χ2n) is 6.81. The lowest BCUT2D eigenvalue weighted by atomic mass is 10.00. The molecule has 2 aliphatic rings. The molecule has 26 heavy (non-hydrogen) atoms. The topological polar surface area (TPSA) is 30.0 Å². The molecular formula is C24H13NO. The van der Waals surface area contributed by atoms with Gasteiger partial charge in [-0.05, 0) is 40.5 Å². The summed E-state index contributed by atoms with van der Waals surface area (Å²) in [5.41, 5.74) is 8.89. The van der Waals surface area contributed by atoms with Crippen LogP contribution in [-0.4, -0.2) is 10.8 Å². The fourth-order valence-electron chi connectivity index (χ4n) is 4.13. The minimum Gasteiger partial charge on any atom is -0.289 e. The van der Waals surface area contributed by atoms with Crippen LogP contribution in [-0.2, 0) is 0 Å². The van der Waals surface area contributed by atoms with E-state index >= 15 is 0 Å². The van der Waals surface area contributed by atoms with E-state index in [0.717, 1.165) is 39.0 Å². The first kappa shape index (κ1) is 13.7. The zero-order valence-corrected chi connectivity index (χ0v) is 13.9. The number of aromatic nitrogens is 1. The summed E-state index contributed by atoms with van der Waals surface area (Å²) in [6, 6.07) is 22.2. The van der Waals surface area contributed by atoms with Crippen LogP contribution in [0.5, 0.6) is 0 Å². The average Bonchev–Trinajstić information content (AvgIpc) is 3.23. The molecule has 120 valence electrons. The molecule has 1 heterocycles. The third kappa shape index (κ3) is 1.71. The zero-order valence-electron chi connectivity index (χ0n) is 13.9. The number of nitrogens with zero attached hydrogens (tertiary/aromatic N) is 1. The Hall–Kier alpha value is -3.52. The van der Waals surface area contributed by atoms with E-state index in [9.17, 15) is 4.79 Å². The summed E-state index contributed by atoms with van der Waals surface area (Å²) in [4.78, 5) is 17.6. The molecule has 0 N–H and O–H groups in total. The van der Waals surface area contributed by atoms with Crippen LogP contribution in [0, 0.1) is 0 Å². The van der Waals surface area contributed by atoms with Crippen molar-refractivity contribution in [2.24, 2.45) is 0 Å². The summed E-state index contributed by atoms with van der Waals surface area (Å²) in [5.74, 6) is 0.102. The average molecular weight is 331 g/mol. The highest BCUT2D eigenvalue weighted by molar-refractivity contribution is 6.22. The predicted molar refractivity (Wildman–Crippen MR) is 105 cm³/mol. The van der Waals surface area contributed by atoms with Gasteiger partial charge in [0.1, 0.15) is 0 Å². The smallest absolute Gasteiger partial charge is 0.194 e. The molecule has 3 aromatic carbocycles. The molecule has 0 aliphatic heterocycles. The number of rotatable bonds is 1. The Morgan fingerprint density at radius 2 is 1.46 bits per heavy atom. The van der Waals surface area contributed by atoms with E-state index in [4.69, 9.17) is 4.98 Å². The quantitative estimate of drug-likeness (QED) is 0.393. The van der Waals surface area contributed by atoms with Crippen LogP contribution >= 0.6 is 0 Å². The molecule has 2 nitrogen and oxygen atoms in total. The molecule has 6 rings (SSSR count). The summed E-state index contributed by atoms with van der Waals surface area (Å²) >= 11 is 0. The number of pyridine rings is 1. The Morgan fingerprint density at radius 1 is 0.654 bits per heavy atom. The summed E-state index contributed by atoms with van der Waals surface area (Å²) < 4.78 is 0. The monoisotopic (exact) mass is 331 g/mol. The van der Waals surface area contributed by atoms with Crippen molar-refractivity contribution in [1.29, 1.82) is 0 Å². The van der Waals surface area contributed by atoms with Gasteiger partial charge in [-0.25, -0.2) is 4.98 Å². The largest absolute Gasteiger partial charge is 0.289 e. The Morgan fingerprint density at radius 3 is 2.38 bits per heavy atom. The van der Waals surface area contributed by atoms with Gasteiger partial charge in [-0.3, -0.25) is 4.79 Å². The molecule has 0 saturated heterocycles. The molecule has 0 spiro atoms. The molecule has 4 aromatic rings. The molecular weight excluding hydrogens is 318 g/mol. The highest BCUT2D eigenvalue weighted by Crippen LogP contribution is 2.39. The summed E-state index contributed by atoms with van der Waals surface area (Å²) in [7, 11) is 0. The molecule has 0 radical (unpaired) electrons. The summed E-state index contributed by atoms with van der Waals surface area (Å²) in [6.45, 7) is 0. The first-order chi connectivity index (χ1) is 12.8. The van der Waals surface area contributed by atoms with Crippen molar-refractivity contribution in [2.75, 3.05) is 0 Å². The number of fused-ring (bicyclic) bond motifs is 3. The molecule has 2 heteroatoms. The fourth-order valence-corrected chi connectivity index (χ4v) is 4.13. The lowest BCUT2D eigenvalue weighted by Gasteiger charge is -2.08. The number of carbonyl (C=O) groups is 1. The molecule has 0 saturated carbocycles. The van der Waals surface area contributed by atoms with Crippen molar-refractivity contribution in [1.82, 2.24) is 4.98 Å². The highest BCUT2D eigenvalue weighted by atomic mass is 16.1. The third-order valence-corrected chi connectivity index (χ3v) is 5.36. The molecule has 2 aliphatic carbocycles. The second kappa shape index (κ2) is 4.77. The van der Waals surface area contributed by atoms with Crippen molar-refractivity contribution in [3.05, 3.63) is 89.0 Å². The van der Waals surface area contributed by atoms with E-state index in [1.54, 1.807) is 0 Å². The van der Waals surface area contributed by atoms with Crippen LogP contribution < -0.4 is 0 Å². The van der Waals surface area contributed by atoms with E-state index in [1.807, 2.05) is 48.5 Å². The van der Waals surface area contributed by atoms with Gasteiger partial charge in [-0.15, -0.1) is 0 Å². The van der Waals surface area contributed by atoms with Gasteiger partial charge < -0.3 is 0 Å². The lowest BCUT2D eigenvalue weighted by Crippen LogP contribution is -1.96. The van der Waals surface area contributed by atoms with E-state index in [-0.39, 0.29) is 5.78 Å². The fraction of sp³-hybridized carbons (Fsp3) is 0. The van der Waals surface area contributed by atoms with Crippen LogP contribution in [0.3, 0.4) is 0 Å². The van der Waals surface area contributed by atoms with Crippen molar-refractivity contribution in [3.63, 3.8) is 0 Å². The molecule has 0 unspecified atom stereocenters. The van der Waals surface area contributed by atoms with Gasteiger partial charge in [-0.2, -0.15) is 0 Å². The standard InChI is InChI=1S/C24H13NO/c26-24-19-6-2-1-5-17(19)18-11-10-15(12-20(18)24)22-13-16-9-8-14-4-3-7-21(25-22)23(14)16/h1-13H. The van der Waals surface area contributed by atoms with Crippen LogP contribution in [0.1, 0.15) is 27.0 Å². The van der Waals surface area contributed by atoms with Crippen molar-refractivity contribution in [3.8, 4) is 22.4 Å². The maximum Gasteiger partial charge on any atom is 0.194 e. The molecule has 0 amide bonds. The van der Waals surface area contributed by atoms with Gasteiger partial charge in [0, 0.05) is 22.1 Å². The summed E-state index contributed by atoms with van der Waals surface area (Å²) in [5, 5.41) is 1.21. The van der Waals surface area contributed by atoms with Gasteiger partial charge in [0.25, 0.3) is 0 Å². The molecule has 0 atom stereocenters. The number of hydrogen-bond donors (Lipinski definition) is 0. The number of ketones is 1. The number of benzene rings is 3. The normalized spacial score (nSPS) is 13.3. The minimum atomic E-state index is 0.102. The first-order valence-corrected chi connectivity index (χ1v) is 8.70. The maximum absolute atomic E-state index is 12.8. The van der Waals surface area contributed by atoms with E-state index in [1.165, 1.54) is 16.5 Å².